The highest BCUT2D eigenvalue weighted by atomic mass is 16.5. The molecule has 1 aliphatic rings. The molecule has 0 unspecified atom stereocenters. The Hall–Kier alpha value is -2.66. The molecule has 2 aromatic carbocycles. The van der Waals surface area contributed by atoms with Crippen LogP contribution >= 0.6 is 0 Å². The summed E-state index contributed by atoms with van der Waals surface area (Å²) in [6.45, 7) is 7.18. The van der Waals surface area contributed by atoms with Gasteiger partial charge in [-0.25, -0.2) is 4.98 Å². The molecule has 0 N–H and O–H groups in total. The van der Waals surface area contributed by atoms with Gasteiger partial charge < -0.3 is 9.64 Å². The molecule has 28 heavy (non-hydrogen) atoms. The van der Waals surface area contributed by atoms with Crippen LogP contribution in [0.15, 0.2) is 53.3 Å². The number of hydrogen-bond acceptors (Lipinski definition) is 4. The van der Waals surface area contributed by atoms with Crippen LogP contribution in [-0.4, -0.2) is 40.2 Å². The van der Waals surface area contributed by atoms with Gasteiger partial charge >= 0.3 is 0 Å². The molecule has 4 rings (SSSR count). The molecule has 1 aromatic heterocycles. The van der Waals surface area contributed by atoms with E-state index in [2.05, 4.69) is 16.8 Å². The molecule has 5 heteroatoms. The Bertz CT molecular complexity index is 1010. The predicted molar refractivity (Wildman–Crippen MR) is 112 cm³/mol. The lowest BCUT2D eigenvalue weighted by Crippen LogP contribution is -2.28. The highest BCUT2D eigenvalue weighted by Gasteiger charge is 2.19. The summed E-state index contributed by atoms with van der Waals surface area (Å²) in [6, 6.07) is 15.8. The van der Waals surface area contributed by atoms with E-state index in [1.807, 2.05) is 55.5 Å². The fraction of sp³-hybridized carbons (Fsp3) is 0.391. The quantitative estimate of drug-likeness (QED) is 0.611. The van der Waals surface area contributed by atoms with Crippen LogP contribution in [0, 0.1) is 6.92 Å². The van der Waals surface area contributed by atoms with Crippen LogP contribution < -0.4 is 10.3 Å². The van der Waals surface area contributed by atoms with Gasteiger partial charge in [0.1, 0.15) is 11.6 Å². The van der Waals surface area contributed by atoms with Gasteiger partial charge in [0.2, 0.25) is 0 Å². The smallest absolute Gasteiger partial charge is 0.265 e. The standard InChI is InChI=1S/C23H27N3O2/c1-17-7-5-14-25(17)15-6-16-28-20-12-10-19(11-13-20)26-18(2)24-22-9-4-3-8-21(22)23(26)27/h3-4,8-13,17H,5-7,14-16H2,1-2H3/t17-/m0/s1. The zero-order valence-corrected chi connectivity index (χ0v) is 16.6. The molecule has 1 atom stereocenters. The van der Waals surface area contributed by atoms with E-state index >= 15 is 0 Å². The number of aromatic nitrogens is 2. The van der Waals surface area contributed by atoms with E-state index < -0.39 is 0 Å². The summed E-state index contributed by atoms with van der Waals surface area (Å²) in [5.74, 6) is 1.51. The third-order valence-corrected chi connectivity index (χ3v) is 5.59. The van der Waals surface area contributed by atoms with E-state index in [-0.39, 0.29) is 5.56 Å². The Morgan fingerprint density at radius 2 is 1.93 bits per heavy atom. The number of rotatable bonds is 6. The van der Waals surface area contributed by atoms with Crippen LogP contribution in [0.4, 0.5) is 0 Å². The second kappa shape index (κ2) is 8.15. The summed E-state index contributed by atoms with van der Waals surface area (Å²) in [7, 11) is 0. The van der Waals surface area contributed by atoms with Gasteiger partial charge in [-0.1, -0.05) is 12.1 Å². The van der Waals surface area contributed by atoms with Crippen molar-refractivity contribution in [3.05, 3.63) is 64.7 Å². The first kappa shape index (κ1) is 18.7. The van der Waals surface area contributed by atoms with E-state index in [1.165, 1.54) is 19.4 Å². The van der Waals surface area contributed by atoms with Gasteiger partial charge in [-0.2, -0.15) is 0 Å². The Morgan fingerprint density at radius 1 is 1.14 bits per heavy atom. The molecule has 0 amide bonds. The SMILES string of the molecule is Cc1nc2ccccc2c(=O)n1-c1ccc(OCCCN2CCC[C@@H]2C)cc1. The third-order valence-electron chi connectivity index (χ3n) is 5.59. The Balaban J connectivity index is 1.43. The average Bonchev–Trinajstić information content (AvgIpc) is 3.11. The lowest BCUT2D eigenvalue weighted by Gasteiger charge is -2.20. The number of nitrogens with zero attached hydrogens (tertiary/aromatic N) is 3. The predicted octanol–water partition coefficient (Wildman–Crippen LogP) is 3.95. The molecule has 0 bridgehead atoms. The van der Waals surface area contributed by atoms with Gasteiger partial charge in [0.05, 0.1) is 23.2 Å². The Morgan fingerprint density at radius 3 is 2.68 bits per heavy atom. The first-order valence-corrected chi connectivity index (χ1v) is 10.1. The number of ether oxygens (including phenoxy) is 1. The summed E-state index contributed by atoms with van der Waals surface area (Å²) in [5, 5.41) is 0.629. The number of fused-ring (bicyclic) bond motifs is 1. The van der Waals surface area contributed by atoms with Gasteiger partial charge in [0.25, 0.3) is 5.56 Å². The molecule has 146 valence electrons. The molecule has 0 spiro atoms. The van der Waals surface area contributed by atoms with Crippen LogP contribution in [0.25, 0.3) is 16.6 Å². The van der Waals surface area contributed by atoms with Crippen molar-refractivity contribution in [3.63, 3.8) is 0 Å². The minimum Gasteiger partial charge on any atom is -0.494 e. The first-order chi connectivity index (χ1) is 13.6. The summed E-state index contributed by atoms with van der Waals surface area (Å²) >= 11 is 0. The Kier molecular flexibility index (Phi) is 5.44. The molecular weight excluding hydrogens is 350 g/mol. The molecule has 5 nitrogen and oxygen atoms in total. The molecule has 0 aliphatic carbocycles. The maximum atomic E-state index is 12.9. The van der Waals surface area contributed by atoms with Crippen molar-refractivity contribution >= 4 is 10.9 Å². The maximum Gasteiger partial charge on any atom is 0.265 e. The number of benzene rings is 2. The third kappa shape index (κ3) is 3.80. The van der Waals surface area contributed by atoms with Crippen molar-refractivity contribution < 1.29 is 4.74 Å². The number of aryl methyl sites for hydroxylation is 1. The second-order valence-electron chi connectivity index (χ2n) is 7.54. The summed E-state index contributed by atoms with van der Waals surface area (Å²) in [5.41, 5.74) is 1.49. The normalized spacial score (nSPS) is 17.3. The molecular formula is C23H27N3O2. The number of hydrogen-bond donors (Lipinski definition) is 0. The fourth-order valence-corrected chi connectivity index (χ4v) is 4.02. The van der Waals surface area contributed by atoms with Crippen molar-refractivity contribution in [2.45, 2.75) is 39.2 Å². The van der Waals surface area contributed by atoms with E-state index in [0.29, 0.717) is 23.9 Å². The summed E-state index contributed by atoms with van der Waals surface area (Å²) in [4.78, 5) is 20.0. The van der Waals surface area contributed by atoms with Crippen molar-refractivity contribution in [3.8, 4) is 11.4 Å². The van der Waals surface area contributed by atoms with Gasteiger partial charge in [-0.3, -0.25) is 9.36 Å². The minimum absolute atomic E-state index is 0.0449. The zero-order valence-electron chi connectivity index (χ0n) is 16.6. The van der Waals surface area contributed by atoms with Gasteiger partial charge in [-0.05, 0) is 76.1 Å². The van der Waals surface area contributed by atoms with Crippen LogP contribution in [0.2, 0.25) is 0 Å². The van der Waals surface area contributed by atoms with Crippen LogP contribution in [-0.2, 0) is 0 Å². The second-order valence-corrected chi connectivity index (χ2v) is 7.54. The molecule has 3 aromatic rings. The van der Waals surface area contributed by atoms with E-state index in [4.69, 9.17) is 4.74 Å². The van der Waals surface area contributed by atoms with Crippen LogP contribution in [0.5, 0.6) is 5.75 Å². The van der Waals surface area contributed by atoms with Crippen LogP contribution in [0.3, 0.4) is 0 Å². The monoisotopic (exact) mass is 377 g/mol. The molecule has 0 radical (unpaired) electrons. The summed E-state index contributed by atoms with van der Waals surface area (Å²) in [6.07, 6.45) is 3.65. The topological polar surface area (TPSA) is 47.4 Å². The van der Waals surface area contributed by atoms with Crippen molar-refractivity contribution in [1.82, 2.24) is 14.5 Å². The largest absolute Gasteiger partial charge is 0.494 e. The highest BCUT2D eigenvalue weighted by molar-refractivity contribution is 5.77. The van der Waals surface area contributed by atoms with Gasteiger partial charge in [0, 0.05) is 12.6 Å². The number of likely N-dealkylation sites (tertiary alicyclic amines) is 1. The molecule has 1 saturated heterocycles. The zero-order chi connectivity index (χ0) is 19.5. The molecule has 1 fully saturated rings. The van der Waals surface area contributed by atoms with E-state index in [1.54, 1.807) is 4.57 Å². The molecule has 0 saturated carbocycles. The highest BCUT2D eigenvalue weighted by Crippen LogP contribution is 2.18. The first-order valence-electron chi connectivity index (χ1n) is 10.1. The number of para-hydroxylation sites is 1. The van der Waals surface area contributed by atoms with E-state index in [9.17, 15) is 4.79 Å². The lowest BCUT2D eigenvalue weighted by molar-refractivity contribution is 0.230. The Labute approximate surface area is 165 Å². The van der Waals surface area contributed by atoms with E-state index in [0.717, 1.165) is 29.9 Å². The van der Waals surface area contributed by atoms with Crippen molar-refractivity contribution in [2.24, 2.45) is 0 Å². The molecule has 1 aliphatic heterocycles. The van der Waals surface area contributed by atoms with Crippen LogP contribution in [0.1, 0.15) is 32.0 Å². The van der Waals surface area contributed by atoms with Gasteiger partial charge in [0.15, 0.2) is 0 Å². The van der Waals surface area contributed by atoms with Gasteiger partial charge in [-0.15, -0.1) is 0 Å². The van der Waals surface area contributed by atoms with Crippen molar-refractivity contribution in [1.29, 1.82) is 0 Å². The lowest BCUT2D eigenvalue weighted by atomic mass is 10.2. The minimum atomic E-state index is -0.0449. The summed E-state index contributed by atoms with van der Waals surface area (Å²) < 4.78 is 7.55. The molecule has 2 heterocycles. The average molecular weight is 377 g/mol. The van der Waals surface area contributed by atoms with Crippen molar-refractivity contribution in [2.75, 3.05) is 19.7 Å². The fourth-order valence-electron chi connectivity index (χ4n) is 4.02. The maximum absolute atomic E-state index is 12.9.